The van der Waals surface area contributed by atoms with Gasteiger partial charge in [0.05, 0.1) is 23.7 Å². The third-order valence-corrected chi connectivity index (χ3v) is 4.71. The largest absolute Gasteiger partial charge is 0.493 e. The Morgan fingerprint density at radius 1 is 1.18 bits per heavy atom. The Balaban J connectivity index is 1.43. The lowest BCUT2D eigenvalue weighted by Gasteiger charge is -2.13. The lowest BCUT2D eigenvalue weighted by atomic mass is 10.2. The van der Waals surface area contributed by atoms with Crippen molar-refractivity contribution in [3.05, 3.63) is 42.5 Å². The molecule has 2 N–H and O–H groups in total. The van der Waals surface area contributed by atoms with Crippen molar-refractivity contribution in [3.8, 4) is 22.9 Å². The first-order chi connectivity index (χ1) is 13.6. The van der Waals surface area contributed by atoms with Crippen LogP contribution in [0.1, 0.15) is 26.7 Å². The lowest BCUT2D eigenvalue weighted by molar-refractivity contribution is -0.119. The lowest BCUT2D eigenvalue weighted by Crippen LogP contribution is -2.35. The summed E-state index contributed by atoms with van der Waals surface area (Å²) < 4.78 is 11.6. The predicted octanol–water partition coefficient (Wildman–Crippen LogP) is 3.92. The second-order valence-corrected chi connectivity index (χ2v) is 7.46. The number of amides is 1. The fraction of sp³-hybridized carbons (Fsp3) is 0.364. The molecule has 146 valence electrons. The summed E-state index contributed by atoms with van der Waals surface area (Å²) in [6, 6.07) is 13.7. The van der Waals surface area contributed by atoms with Crippen LogP contribution in [-0.4, -0.2) is 35.1 Å². The Morgan fingerprint density at radius 2 is 1.93 bits per heavy atom. The zero-order chi connectivity index (χ0) is 19.5. The van der Waals surface area contributed by atoms with E-state index >= 15 is 0 Å². The van der Waals surface area contributed by atoms with Gasteiger partial charge in [-0.3, -0.25) is 4.79 Å². The summed E-state index contributed by atoms with van der Waals surface area (Å²) in [5.74, 6) is 3.13. The summed E-state index contributed by atoms with van der Waals surface area (Å²) in [5, 5.41) is 2.80. The number of rotatable bonds is 8. The maximum absolute atomic E-state index is 11.1. The van der Waals surface area contributed by atoms with Crippen molar-refractivity contribution >= 4 is 16.9 Å². The number of hydrogen-bond acceptors (Lipinski definition) is 4. The van der Waals surface area contributed by atoms with Gasteiger partial charge in [0.25, 0.3) is 0 Å². The Kier molecular flexibility index (Phi) is 5.19. The van der Waals surface area contributed by atoms with Crippen LogP contribution in [0.2, 0.25) is 0 Å². The van der Waals surface area contributed by atoms with E-state index in [2.05, 4.69) is 15.3 Å². The topological polar surface area (TPSA) is 76.2 Å². The Hall–Kier alpha value is -3.02. The summed E-state index contributed by atoms with van der Waals surface area (Å²) in [4.78, 5) is 19.1. The molecule has 4 rings (SSSR count). The highest BCUT2D eigenvalue weighted by Gasteiger charge is 2.21. The minimum absolute atomic E-state index is 0.0498. The molecule has 1 amide bonds. The molecule has 0 spiro atoms. The van der Waals surface area contributed by atoms with Gasteiger partial charge in [0.15, 0.2) is 0 Å². The van der Waals surface area contributed by atoms with Gasteiger partial charge < -0.3 is 19.8 Å². The van der Waals surface area contributed by atoms with Crippen LogP contribution >= 0.6 is 0 Å². The minimum Gasteiger partial charge on any atom is -0.493 e. The number of aromatic amines is 1. The fourth-order valence-electron chi connectivity index (χ4n) is 3.03. The van der Waals surface area contributed by atoms with Gasteiger partial charge in [-0.25, -0.2) is 4.98 Å². The highest BCUT2D eigenvalue weighted by Crippen LogP contribution is 2.30. The molecule has 0 aliphatic heterocycles. The van der Waals surface area contributed by atoms with Crippen molar-refractivity contribution in [2.75, 3.05) is 13.2 Å². The SMILES string of the molecule is CC(=O)N[C@@H](C)COc1ccc2nc(-c3ccc(OCC4CC4)cc3)[nH]c2c1. The van der Waals surface area contributed by atoms with E-state index in [0.717, 1.165) is 46.4 Å². The van der Waals surface area contributed by atoms with E-state index in [1.54, 1.807) is 0 Å². The molecule has 0 bridgehead atoms. The number of carbonyl (C=O) groups is 1. The Labute approximate surface area is 164 Å². The van der Waals surface area contributed by atoms with Crippen molar-refractivity contribution in [1.82, 2.24) is 15.3 Å². The van der Waals surface area contributed by atoms with E-state index in [1.807, 2.05) is 49.4 Å². The standard InChI is InChI=1S/C22H25N3O3/c1-14(23-15(2)26)12-27-19-9-10-20-21(11-19)25-22(24-20)17-5-7-18(8-6-17)28-13-16-3-4-16/h5-11,14,16H,3-4,12-13H2,1-2H3,(H,23,26)(H,24,25)/t14-/m0/s1. The van der Waals surface area contributed by atoms with Gasteiger partial charge in [-0.05, 0) is 62.1 Å². The maximum atomic E-state index is 11.1. The molecule has 6 heteroatoms. The van der Waals surface area contributed by atoms with Crippen LogP contribution in [0.25, 0.3) is 22.4 Å². The summed E-state index contributed by atoms with van der Waals surface area (Å²) in [7, 11) is 0. The predicted molar refractivity (Wildman–Crippen MR) is 109 cm³/mol. The molecule has 1 atom stereocenters. The van der Waals surface area contributed by atoms with E-state index in [1.165, 1.54) is 19.8 Å². The smallest absolute Gasteiger partial charge is 0.217 e. The number of nitrogens with one attached hydrogen (secondary N) is 2. The van der Waals surface area contributed by atoms with Crippen LogP contribution < -0.4 is 14.8 Å². The third-order valence-electron chi connectivity index (χ3n) is 4.71. The van der Waals surface area contributed by atoms with Gasteiger partial charge in [0.1, 0.15) is 23.9 Å². The van der Waals surface area contributed by atoms with Crippen LogP contribution in [0.5, 0.6) is 11.5 Å². The summed E-state index contributed by atoms with van der Waals surface area (Å²) in [6.45, 7) is 4.63. The van der Waals surface area contributed by atoms with E-state index in [9.17, 15) is 4.79 Å². The van der Waals surface area contributed by atoms with Gasteiger partial charge in [0, 0.05) is 18.6 Å². The number of nitrogens with zero attached hydrogens (tertiary/aromatic N) is 1. The van der Waals surface area contributed by atoms with Crippen molar-refractivity contribution in [2.45, 2.75) is 32.7 Å². The van der Waals surface area contributed by atoms with Gasteiger partial charge in [-0.15, -0.1) is 0 Å². The molecule has 1 heterocycles. The first-order valence-electron chi connectivity index (χ1n) is 9.70. The highest BCUT2D eigenvalue weighted by atomic mass is 16.5. The van der Waals surface area contributed by atoms with E-state index in [0.29, 0.717) is 6.61 Å². The van der Waals surface area contributed by atoms with Crippen molar-refractivity contribution in [1.29, 1.82) is 0 Å². The van der Waals surface area contributed by atoms with Gasteiger partial charge in [-0.1, -0.05) is 0 Å². The first kappa shape index (κ1) is 18.3. The third kappa shape index (κ3) is 4.63. The maximum Gasteiger partial charge on any atom is 0.217 e. The van der Waals surface area contributed by atoms with Gasteiger partial charge in [-0.2, -0.15) is 0 Å². The van der Waals surface area contributed by atoms with Crippen LogP contribution in [0.15, 0.2) is 42.5 Å². The van der Waals surface area contributed by atoms with Crippen LogP contribution in [0, 0.1) is 5.92 Å². The van der Waals surface area contributed by atoms with Crippen molar-refractivity contribution in [2.24, 2.45) is 5.92 Å². The van der Waals surface area contributed by atoms with Crippen LogP contribution in [0.4, 0.5) is 0 Å². The van der Waals surface area contributed by atoms with E-state index in [4.69, 9.17) is 9.47 Å². The highest BCUT2D eigenvalue weighted by molar-refractivity contribution is 5.80. The van der Waals surface area contributed by atoms with Crippen LogP contribution in [-0.2, 0) is 4.79 Å². The Morgan fingerprint density at radius 3 is 2.64 bits per heavy atom. The number of fused-ring (bicyclic) bond motifs is 1. The molecule has 0 radical (unpaired) electrons. The second-order valence-electron chi connectivity index (χ2n) is 7.46. The van der Waals surface area contributed by atoms with E-state index in [-0.39, 0.29) is 11.9 Å². The quantitative estimate of drug-likeness (QED) is 0.622. The molecular weight excluding hydrogens is 354 g/mol. The molecule has 0 unspecified atom stereocenters. The number of ether oxygens (including phenoxy) is 2. The Bertz CT molecular complexity index is 961. The van der Waals surface area contributed by atoms with Crippen molar-refractivity contribution in [3.63, 3.8) is 0 Å². The average molecular weight is 379 g/mol. The molecular formula is C22H25N3O3. The van der Waals surface area contributed by atoms with Crippen LogP contribution in [0.3, 0.4) is 0 Å². The average Bonchev–Trinajstić information content (AvgIpc) is 3.41. The number of benzene rings is 2. The number of aromatic nitrogens is 2. The summed E-state index contributed by atoms with van der Waals surface area (Å²) in [6.07, 6.45) is 2.57. The molecule has 1 aromatic heterocycles. The number of hydrogen-bond donors (Lipinski definition) is 2. The normalized spacial score (nSPS) is 14.6. The molecule has 2 aromatic carbocycles. The molecule has 1 aliphatic rings. The monoisotopic (exact) mass is 379 g/mol. The number of imidazole rings is 1. The zero-order valence-corrected chi connectivity index (χ0v) is 16.2. The molecule has 3 aromatic rings. The van der Waals surface area contributed by atoms with Gasteiger partial charge >= 0.3 is 0 Å². The number of carbonyl (C=O) groups excluding carboxylic acids is 1. The molecule has 28 heavy (non-hydrogen) atoms. The molecule has 1 aliphatic carbocycles. The molecule has 1 fully saturated rings. The fourth-order valence-corrected chi connectivity index (χ4v) is 3.03. The van der Waals surface area contributed by atoms with E-state index < -0.39 is 0 Å². The molecule has 6 nitrogen and oxygen atoms in total. The summed E-state index contributed by atoms with van der Waals surface area (Å²) in [5.41, 5.74) is 2.80. The minimum atomic E-state index is -0.0614. The van der Waals surface area contributed by atoms with Crippen molar-refractivity contribution < 1.29 is 14.3 Å². The number of H-pyrrole nitrogens is 1. The molecule has 1 saturated carbocycles. The first-order valence-corrected chi connectivity index (χ1v) is 9.70. The zero-order valence-electron chi connectivity index (χ0n) is 16.2. The summed E-state index contributed by atoms with van der Waals surface area (Å²) >= 11 is 0. The second kappa shape index (κ2) is 7.92. The molecule has 0 saturated heterocycles. The van der Waals surface area contributed by atoms with Gasteiger partial charge in [0.2, 0.25) is 5.91 Å².